The molecule has 1 aromatic heterocycles. The summed E-state index contributed by atoms with van der Waals surface area (Å²) >= 11 is 0. The molecule has 0 bridgehead atoms. The van der Waals surface area contributed by atoms with Crippen LogP contribution < -0.4 is 4.74 Å². The van der Waals surface area contributed by atoms with Crippen molar-refractivity contribution in [1.29, 1.82) is 0 Å². The Hall–Kier alpha value is -2.50. The molecular weight excluding hydrogens is 384 g/mol. The average molecular weight is 400 g/mol. The SMILES string of the molecule is CO[C]1C=CN(O)C(CS(=O)c2nc3ccc(OC(F)F)cc3[nH]2)=C1OC. The first kappa shape index (κ1) is 19.3. The maximum absolute atomic E-state index is 12.7. The zero-order valence-electron chi connectivity index (χ0n) is 14.3. The number of methoxy groups -OCH3 is 2. The molecule has 1 radical (unpaired) electrons. The van der Waals surface area contributed by atoms with Gasteiger partial charge in [-0.2, -0.15) is 8.78 Å². The van der Waals surface area contributed by atoms with Crippen molar-refractivity contribution in [3.63, 3.8) is 0 Å². The van der Waals surface area contributed by atoms with Gasteiger partial charge in [0.15, 0.2) is 17.0 Å². The summed E-state index contributed by atoms with van der Waals surface area (Å²) in [4.78, 5) is 7.01. The Labute approximate surface area is 155 Å². The Morgan fingerprint density at radius 2 is 2.11 bits per heavy atom. The second kappa shape index (κ2) is 8.03. The molecule has 145 valence electrons. The Balaban J connectivity index is 1.86. The lowest BCUT2D eigenvalue weighted by atomic mass is 10.2. The Morgan fingerprint density at radius 1 is 1.33 bits per heavy atom. The van der Waals surface area contributed by atoms with E-state index in [1.54, 1.807) is 0 Å². The molecule has 1 aromatic carbocycles. The minimum Gasteiger partial charge on any atom is -0.496 e. The van der Waals surface area contributed by atoms with E-state index in [4.69, 9.17) is 9.47 Å². The predicted molar refractivity (Wildman–Crippen MR) is 91.1 cm³/mol. The molecule has 0 fully saturated rings. The minimum absolute atomic E-state index is 0.0406. The number of H-pyrrole nitrogens is 1. The average Bonchev–Trinajstić information content (AvgIpc) is 3.06. The fourth-order valence-electron chi connectivity index (χ4n) is 2.50. The van der Waals surface area contributed by atoms with Gasteiger partial charge in [0.2, 0.25) is 0 Å². The lowest BCUT2D eigenvalue weighted by Gasteiger charge is -2.26. The Kier molecular flexibility index (Phi) is 5.73. The van der Waals surface area contributed by atoms with Gasteiger partial charge in [0, 0.05) is 19.4 Å². The van der Waals surface area contributed by atoms with Gasteiger partial charge in [-0.25, -0.2) is 10.0 Å². The van der Waals surface area contributed by atoms with E-state index in [0.717, 1.165) is 5.06 Å². The van der Waals surface area contributed by atoms with E-state index < -0.39 is 17.4 Å². The molecule has 3 rings (SSSR count). The van der Waals surface area contributed by atoms with Gasteiger partial charge in [-0.15, -0.1) is 0 Å². The van der Waals surface area contributed by atoms with Crippen molar-refractivity contribution in [3.8, 4) is 5.75 Å². The summed E-state index contributed by atoms with van der Waals surface area (Å²) in [7, 11) is 1.15. The van der Waals surface area contributed by atoms with Crippen LogP contribution in [0.25, 0.3) is 11.0 Å². The molecule has 0 saturated carbocycles. The van der Waals surface area contributed by atoms with Crippen LogP contribution in [0, 0.1) is 6.10 Å². The van der Waals surface area contributed by atoms with E-state index in [1.807, 2.05) is 0 Å². The molecule has 2 heterocycles. The number of hydrogen-bond acceptors (Lipinski definition) is 7. The number of aromatic amines is 1. The summed E-state index contributed by atoms with van der Waals surface area (Å²) in [5, 5.41) is 10.9. The highest BCUT2D eigenvalue weighted by molar-refractivity contribution is 7.85. The summed E-state index contributed by atoms with van der Waals surface area (Å²) in [6, 6.07) is 4.16. The van der Waals surface area contributed by atoms with Gasteiger partial charge >= 0.3 is 6.61 Å². The smallest absolute Gasteiger partial charge is 0.387 e. The van der Waals surface area contributed by atoms with Crippen molar-refractivity contribution in [1.82, 2.24) is 15.0 Å². The van der Waals surface area contributed by atoms with Crippen LogP contribution in [0.2, 0.25) is 0 Å². The van der Waals surface area contributed by atoms with Crippen molar-refractivity contribution in [2.24, 2.45) is 0 Å². The summed E-state index contributed by atoms with van der Waals surface area (Å²) in [5.41, 5.74) is 1.05. The van der Waals surface area contributed by atoms with Crippen molar-refractivity contribution in [2.45, 2.75) is 11.8 Å². The quantitative estimate of drug-likeness (QED) is 0.737. The topological polar surface area (TPSA) is 96.9 Å². The Morgan fingerprint density at radius 3 is 2.78 bits per heavy atom. The molecule has 2 N–H and O–H groups in total. The number of aromatic nitrogens is 2. The van der Waals surface area contributed by atoms with Crippen molar-refractivity contribution >= 4 is 21.8 Å². The van der Waals surface area contributed by atoms with Crippen LogP contribution >= 0.6 is 0 Å². The zero-order chi connectivity index (χ0) is 19.6. The molecular formula is C16H16F2N3O5S. The normalized spacial score (nSPS) is 16.4. The van der Waals surface area contributed by atoms with Crippen molar-refractivity contribution in [2.75, 3.05) is 20.0 Å². The number of ether oxygens (including phenoxy) is 3. The van der Waals surface area contributed by atoms with E-state index in [1.165, 1.54) is 44.7 Å². The van der Waals surface area contributed by atoms with Gasteiger partial charge in [0.1, 0.15) is 11.4 Å². The maximum Gasteiger partial charge on any atom is 0.387 e. The van der Waals surface area contributed by atoms with E-state index in [-0.39, 0.29) is 28.1 Å². The van der Waals surface area contributed by atoms with Crippen LogP contribution in [0.5, 0.6) is 5.75 Å². The summed E-state index contributed by atoms with van der Waals surface area (Å²) in [6.45, 7) is -2.94. The number of hydroxylamine groups is 2. The zero-order valence-corrected chi connectivity index (χ0v) is 15.1. The first-order valence-corrected chi connectivity index (χ1v) is 8.92. The first-order chi connectivity index (χ1) is 12.9. The Bertz CT molecular complexity index is 915. The number of halogens is 2. The third-order valence-corrected chi connectivity index (χ3v) is 4.85. The molecule has 0 spiro atoms. The van der Waals surface area contributed by atoms with Gasteiger partial charge in [-0.05, 0) is 18.2 Å². The highest BCUT2D eigenvalue weighted by Crippen LogP contribution is 2.29. The first-order valence-electron chi connectivity index (χ1n) is 7.60. The number of imidazole rings is 1. The number of nitrogens with one attached hydrogen (secondary N) is 1. The van der Waals surface area contributed by atoms with Crippen molar-refractivity contribution in [3.05, 3.63) is 48.0 Å². The monoisotopic (exact) mass is 400 g/mol. The lowest BCUT2D eigenvalue weighted by Crippen LogP contribution is -2.26. The number of benzene rings is 1. The van der Waals surface area contributed by atoms with E-state index in [9.17, 15) is 18.2 Å². The van der Waals surface area contributed by atoms with E-state index >= 15 is 0 Å². The number of fused-ring (bicyclic) bond motifs is 1. The second-order valence-corrected chi connectivity index (χ2v) is 6.66. The predicted octanol–water partition coefficient (Wildman–Crippen LogP) is 2.53. The molecule has 8 nitrogen and oxygen atoms in total. The minimum atomic E-state index is -2.94. The van der Waals surface area contributed by atoms with Gasteiger partial charge in [-0.3, -0.25) is 9.42 Å². The van der Waals surface area contributed by atoms with Gasteiger partial charge in [0.25, 0.3) is 0 Å². The number of rotatable bonds is 7. The standard InChI is InChI=1S/C16H16F2N3O5S/c1-24-13-5-6-21(22)12(14(13)25-2)8-27(23)16-19-10-4-3-9(26-15(17)18)7-11(10)20-16/h3-7,15,22H,8H2,1-2H3,(H,19,20). The molecule has 27 heavy (non-hydrogen) atoms. The molecule has 1 aliphatic rings. The molecule has 11 heteroatoms. The number of hydrogen-bond donors (Lipinski definition) is 2. The van der Waals surface area contributed by atoms with Gasteiger partial charge in [0.05, 0.1) is 34.7 Å². The fraction of sp³-hybridized carbons (Fsp3) is 0.250. The third-order valence-electron chi connectivity index (χ3n) is 3.69. The van der Waals surface area contributed by atoms with Gasteiger partial charge < -0.3 is 19.2 Å². The van der Waals surface area contributed by atoms with Crippen molar-refractivity contribution < 1.29 is 32.4 Å². The van der Waals surface area contributed by atoms with E-state index in [2.05, 4.69) is 14.7 Å². The van der Waals surface area contributed by atoms with Crippen LogP contribution in [0.1, 0.15) is 0 Å². The second-order valence-electron chi connectivity index (χ2n) is 5.30. The fourth-order valence-corrected chi connectivity index (χ4v) is 3.58. The summed E-state index contributed by atoms with van der Waals surface area (Å²) in [5.74, 6) is 0.0672. The lowest BCUT2D eigenvalue weighted by molar-refractivity contribution is -0.0497. The third kappa shape index (κ3) is 4.10. The highest BCUT2D eigenvalue weighted by atomic mass is 32.2. The molecule has 0 amide bonds. The molecule has 1 aliphatic heterocycles. The van der Waals surface area contributed by atoms with Crippen LogP contribution in [0.15, 0.2) is 47.1 Å². The number of nitrogens with zero attached hydrogens (tertiary/aromatic N) is 2. The molecule has 0 saturated heterocycles. The highest BCUT2D eigenvalue weighted by Gasteiger charge is 2.28. The van der Waals surface area contributed by atoms with Gasteiger partial charge in [-0.1, -0.05) is 0 Å². The summed E-state index contributed by atoms with van der Waals surface area (Å²) in [6.07, 6.45) is 3.20. The largest absolute Gasteiger partial charge is 0.496 e. The molecule has 0 aliphatic carbocycles. The van der Waals surface area contributed by atoms with E-state index in [0.29, 0.717) is 17.1 Å². The van der Waals surface area contributed by atoms with Crippen LogP contribution in [-0.2, 0) is 20.3 Å². The van der Waals surface area contributed by atoms with Crippen LogP contribution in [-0.4, -0.2) is 51.0 Å². The van der Waals surface area contributed by atoms with Crippen LogP contribution in [0.4, 0.5) is 8.78 Å². The number of alkyl halides is 2. The molecule has 2 aromatic rings. The molecule has 1 atom stereocenters. The maximum atomic E-state index is 12.7. The summed E-state index contributed by atoms with van der Waals surface area (Å²) < 4.78 is 52.1. The van der Waals surface area contributed by atoms with Crippen LogP contribution in [0.3, 0.4) is 0 Å². The molecule has 1 unspecified atom stereocenters.